The second kappa shape index (κ2) is 33.9. The van der Waals surface area contributed by atoms with E-state index in [4.69, 9.17) is 0 Å². The van der Waals surface area contributed by atoms with E-state index in [-0.39, 0.29) is 0 Å². The van der Waals surface area contributed by atoms with Crippen LogP contribution in [-0.2, 0) is 0 Å². The van der Waals surface area contributed by atoms with Crippen LogP contribution in [0.5, 0.6) is 0 Å². The highest BCUT2D eigenvalue weighted by Gasteiger charge is 2.25. The van der Waals surface area contributed by atoms with Crippen molar-refractivity contribution >= 4 is 72.7 Å². The maximum atomic E-state index is 2.46. The Morgan fingerprint density at radius 1 is 0.168 bits per heavy atom. The van der Waals surface area contributed by atoms with Gasteiger partial charge >= 0.3 is 0 Å². The molecular formula is C98H109N3. The minimum absolute atomic E-state index is 0.735. The van der Waals surface area contributed by atoms with E-state index < -0.39 is 0 Å². The van der Waals surface area contributed by atoms with Gasteiger partial charge in [-0.25, -0.2) is 0 Å². The highest BCUT2D eigenvalue weighted by atomic mass is 15.2. The van der Waals surface area contributed by atoms with Crippen LogP contribution in [0.3, 0.4) is 0 Å². The predicted octanol–water partition coefficient (Wildman–Crippen LogP) is 30.1. The Hall–Kier alpha value is -8.66. The lowest BCUT2D eigenvalue weighted by Gasteiger charge is -2.29. The van der Waals surface area contributed by atoms with E-state index in [1.54, 1.807) is 0 Å². The van der Waals surface area contributed by atoms with Crippen LogP contribution >= 0.6 is 0 Å². The quantitative estimate of drug-likeness (QED) is 0.101. The Balaban J connectivity index is 0.000000123. The average molecular weight is 1330 g/mol. The van der Waals surface area contributed by atoms with E-state index in [0.717, 1.165) is 35.5 Å². The van der Waals surface area contributed by atoms with E-state index >= 15 is 0 Å². The van der Waals surface area contributed by atoms with Gasteiger partial charge in [0.05, 0.1) is 5.69 Å². The molecule has 0 heterocycles. The predicted molar refractivity (Wildman–Crippen MR) is 433 cm³/mol. The summed E-state index contributed by atoms with van der Waals surface area (Å²) >= 11 is 0. The number of hydrogen-bond donors (Lipinski definition) is 0. The largest absolute Gasteiger partial charge is 0.311 e. The summed E-state index contributed by atoms with van der Waals surface area (Å²) in [6.45, 7) is 0. The molecule has 0 aliphatic heterocycles. The first kappa shape index (κ1) is 68.1. The molecule has 0 aromatic heterocycles. The zero-order valence-corrected chi connectivity index (χ0v) is 60.3. The molecule has 11 aromatic carbocycles. The first-order valence-corrected chi connectivity index (χ1v) is 40.1. The molecular weight excluding hydrogens is 1220 g/mol. The van der Waals surface area contributed by atoms with Crippen molar-refractivity contribution in [3.63, 3.8) is 0 Å². The fourth-order valence-electron chi connectivity index (χ4n) is 18.6. The van der Waals surface area contributed by atoms with Gasteiger partial charge in [0.1, 0.15) is 0 Å². The summed E-state index contributed by atoms with van der Waals surface area (Å²) in [5, 5.41) is 5.15. The molecule has 0 amide bonds. The maximum Gasteiger partial charge on any atom is 0.0540 e. The normalized spacial score (nSPS) is 17.7. The number of rotatable bonds is 15. The monoisotopic (exact) mass is 1330 g/mol. The van der Waals surface area contributed by atoms with E-state index in [1.807, 2.05) is 0 Å². The molecule has 6 aliphatic rings. The third-order valence-electron chi connectivity index (χ3n) is 24.4. The molecule has 0 radical (unpaired) electrons. The Bertz CT molecular complexity index is 4110. The second-order valence-electron chi connectivity index (χ2n) is 30.9. The van der Waals surface area contributed by atoms with Crippen molar-refractivity contribution in [1.29, 1.82) is 0 Å². The van der Waals surface area contributed by atoms with Crippen molar-refractivity contribution in [1.82, 2.24) is 0 Å². The van der Waals surface area contributed by atoms with Crippen LogP contribution in [0.2, 0.25) is 0 Å². The molecule has 0 N–H and O–H groups in total. The Labute approximate surface area is 606 Å². The van der Waals surface area contributed by atoms with Crippen LogP contribution in [0.4, 0.5) is 51.2 Å². The summed E-state index contributed by atoms with van der Waals surface area (Å²) in [7, 11) is 0. The van der Waals surface area contributed by atoms with E-state index in [0.29, 0.717) is 0 Å². The summed E-state index contributed by atoms with van der Waals surface area (Å²) < 4.78 is 0. The van der Waals surface area contributed by atoms with Crippen LogP contribution in [0.25, 0.3) is 21.5 Å². The molecule has 6 aliphatic carbocycles. The third-order valence-corrected chi connectivity index (χ3v) is 24.4. The lowest BCUT2D eigenvalue weighted by Crippen LogP contribution is -2.12. The number of fused-ring (bicyclic) bond motifs is 2. The van der Waals surface area contributed by atoms with Crippen LogP contribution in [0.15, 0.2) is 261 Å². The van der Waals surface area contributed by atoms with Gasteiger partial charge in [-0.3, -0.25) is 0 Å². The van der Waals surface area contributed by atoms with Crippen molar-refractivity contribution in [3.8, 4) is 0 Å². The molecule has 6 fully saturated rings. The van der Waals surface area contributed by atoms with Crippen LogP contribution in [0.1, 0.15) is 262 Å². The minimum atomic E-state index is 0.735. The molecule has 6 saturated carbocycles. The summed E-state index contributed by atoms with van der Waals surface area (Å²) in [6, 6.07) is 98.4. The van der Waals surface area contributed by atoms with Gasteiger partial charge in [0.25, 0.3) is 0 Å². The molecule has 11 aromatic rings. The molecule has 0 unspecified atom stereocenters. The van der Waals surface area contributed by atoms with E-state index in [2.05, 4.69) is 276 Å². The van der Waals surface area contributed by atoms with Crippen molar-refractivity contribution in [2.75, 3.05) is 14.7 Å². The van der Waals surface area contributed by atoms with Crippen LogP contribution < -0.4 is 14.7 Å². The number of hydrogen-bond acceptors (Lipinski definition) is 3. The molecule has 516 valence electrons. The number of para-hydroxylation sites is 1. The third kappa shape index (κ3) is 16.8. The van der Waals surface area contributed by atoms with Gasteiger partial charge in [-0.1, -0.05) is 273 Å². The average Bonchev–Trinajstić information content (AvgIpc) is 0.674. The van der Waals surface area contributed by atoms with Crippen molar-refractivity contribution in [2.24, 2.45) is 0 Å². The highest BCUT2D eigenvalue weighted by Crippen LogP contribution is 2.46. The van der Waals surface area contributed by atoms with Crippen molar-refractivity contribution in [2.45, 2.75) is 228 Å². The molecule has 0 atom stereocenters. The standard InChI is InChI=1S/2C34H37N.C30H35N/c1-3-10-26(11-4-1)28-18-22-31(23-19-28)35(34-17-9-15-30-14-7-8-16-33(30)34)32-24-20-29(21-25-32)27-12-5-2-6-13-27;1-3-9-26(10-4-1)29-15-20-32(21-16-29)35(34-24-19-28-13-7-8-14-31(28)25-34)33-22-17-30(18-23-33)27-11-5-2-6-12-27;1-4-10-24(11-5-1)26-16-20-29(21-17-26)31(28-14-8-3-9-15-28)30-22-18-27(19-23-30)25-12-6-2-7-13-25/h7-9,14-27H,1-6,10-13H2;7-8,13-27H,1-6,9-12H2;3,8-9,14-25H,1-2,4-7,10-13H2. The van der Waals surface area contributed by atoms with Gasteiger partial charge in [-0.05, 0) is 265 Å². The smallest absolute Gasteiger partial charge is 0.0540 e. The molecule has 17 rings (SSSR count). The van der Waals surface area contributed by atoms with Gasteiger partial charge in [0.15, 0.2) is 0 Å². The highest BCUT2D eigenvalue weighted by molar-refractivity contribution is 5.99. The fourth-order valence-corrected chi connectivity index (χ4v) is 18.6. The van der Waals surface area contributed by atoms with Gasteiger partial charge in [0.2, 0.25) is 0 Å². The molecule has 0 spiro atoms. The van der Waals surface area contributed by atoms with Crippen LogP contribution in [0, 0.1) is 0 Å². The van der Waals surface area contributed by atoms with E-state index in [9.17, 15) is 0 Å². The zero-order chi connectivity index (χ0) is 67.8. The lowest BCUT2D eigenvalue weighted by atomic mass is 9.84. The molecule has 101 heavy (non-hydrogen) atoms. The number of nitrogens with zero attached hydrogens (tertiary/aromatic N) is 3. The lowest BCUT2D eigenvalue weighted by molar-refractivity contribution is 0.443. The second-order valence-corrected chi connectivity index (χ2v) is 30.9. The molecule has 0 saturated heterocycles. The minimum Gasteiger partial charge on any atom is -0.311 e. The topological polar surface area (TPSA) is 9.72 Å². The Morgan fingerprint density at radius 2 is 0.416 bits per heavy atom. The number of anilines is 9. The van der Waals surface area contributed by atoms with Crippen molar-refractivity contribution < 1.29 is 0 Å². The van der Waals surface area contributed by atoms with Gasteiger partial charge in [-0.2, -0.15) is 0 Å². The van der Waals surface area contributed by atoms with Crippen molar-refractivity contribution in [3.05, 3.63) is 294 Å². The first-order valence-electron chi connectivity index (χ1n) is 40.1. The molecule has 0 bridgehead atoms. The van der Waals surface area contributed by atoms with Crippen LogP contribution in [-0.4, -0.2) is 0 Å². The SMILES string of the molecule is c1ccc(N(c2ccc(C3CCCCC3)cc2)c2ccc(C3CCCCC3)cc2)cc1.c1ccc2c(N(c3ccc(C4CCCCC4)cc3)c3ccc(C4CCCCC4)cc3)cccc2c1.c1ccc2cc(N(c3ccc(C4CCCCC4)cc3)c3ccc(C4CCCCC4)cc3)ccc2c1. The fraction of sp³-hybridized carbons (Fsp3) is 0.367. The Kier molecular flexibility index (Phi) is 22.9. The summed E-state index contributed by atoms with van der Waals surface area (Å²) in [6.07, 6.45) is 41.1. The Morgan fingerprint density at radius 3 is 0.752 bits per heavy atom. The summed E-state index contributed by atoms with van der Waals surface area (Å²) in [5.74, 6) is 4.45. The number of benzene rings is 11. The molecule has 3 heteroatoms. The summed E-state index contributed by atoms with van der Waals surface area (Å²) in [5.41, 5.74) is 20.2. The van der Waals surface area contributed by atoms with E-state index in [1.165, 1.54) is 299 Å². The van der Waals surface area contributed by atoms with Gasteiger partial charge in [0, 0.05) is 50.9 Å². The first-order chi connectivity index (χ1) is 50.1. The summed E-state index contributed by atoms with van der Waals surface area (Å²) in [4.78, 5) is 7.29. The van der Waals surface area contributed by atoms with Gasteiger partial charge < -0.3 is 14.7 Å². The molecule has 3 nitrogen and oxygen atoms in total. The zero-order valence-electron chi connectivity index (χ0n) is 60.3. The van der Waals surface area contributed by atoms with Gasteiger partial charge in [-0.15, -0.1) is 0 Å². The maximum absolute atomic E-state index is 2.46.